The third kappa shape index (κ3) is 7.90. The van der Waals surface area contributed by atoms with Gasteiger partial charge in [0.15, 0.2) is 5.96 Å². The molecule has 0 saturated heterocycles. The first-order valence-electron chi connectivity index (χ1n) is 7.48. The third-order valence-electron chi connectivity index (χ3n) is 3.16. The molecule has 24 heavy (non-hydrogen) atoms. The zero-order valence-corrected chi connectivity index (χ0v) is 18.3. The third-order valence-corrected chi connectivity index (χ3v) is 3.90. The summed E-state index contributed by atoms with van der Waals surface area (Å²) < 4.78 is 0. The number of carbonyl (C=O) groups is 1. The molecule has 0 aliphatic heterocycles. The largest absolute Gasteiger partial charge is 0.356 e. The average Bonchev–Trinajstić information content (AvgIpc) is 2.50. The van der Waals surface area contributed by atoms with E-state index in [-0.39, 0.29) is 36.4 Å². The highest BCUT2D eigenvalue weighted by Gasteiger charge is 2.10. The zero-order valence-electron chi connectivity index (χ0n) is 14.5. The summed E-state index contributed by atoms with van der Waals surface area (Å²) in [4.78, 5) is 19.6. The van der Waals surface area contributed by atoms with Crippen molar-refractivity contribution in [3.63, 3.8) is 0 Å². The maximum absolute atomic E-state index is 11.7. The molecule has 1 N–H and O–H groups in total. The molecular formula is C16H25Cl2IN4O. The van der Waals surface area contributed by atoms with Crippen LogP contribution in [0, 0.1) is 0 Å². The molecular weight excluding hydrogens is 462 g/mol. The van der Waals surface area contributed by atoms with Crippen molar-refractivity contribution in [2.45, 2.75) is 19.9 Å². The molecule has 1 amide bonds. The molecule has 0 saturated carbocycles. The molecule has 0 aliphatic carbocycles. The summed E-state index contributed by atoms with van der Waals surface area (Å²) in [6.07, 6.45) is 0.973. The van der Waals surface area contributed by atoms with E-state index in [9.17, 15) is 4.79 Å². The van der Waals surface area contributed by atoms with E-state index in [2.05, 4.69) is 17.2 Å². The van der Waals surface area contributed by atoms with Crippen LogP contribution in [0.1, 0.15) is 18.9 Å². The molecule has 0 heterocycles. The van der Waals surface area contributed by atoms with Gasteiger partial charge in [0.2, 0.25) is 5.91 Å². The van der Waals surface area contributed by atoms with Crippen molar-refractivity contribution in [3.8, 4) is 0 Å². The number of nitrogens with one attached hydrogen (secondary N) is 1. The highest BCUT2D eigenvalue weighted by Crippen LogP contribution is 2.23. The smallest absolute Gasteiger partial charge is 0.243 e. The first kappa shape index (κ1) is 23.3. The monoisotopic (exact) mass is 486 g/mol. The van der Waals surface area contributed by atoms with E-state index in [0.717, 1.165) is 18.5 Å². The zero-order chi connectivity index (χ0) is 17.4. The SMILES string of the molecule is CCCNC(=NCC(=O)N(C)C)N(C)Cc1ccc(Cl)c(Cl)c1.I. The molecule has 0 atom stereocenters. The van der Waals surface area contributed by atoms with Gasteiger partial charge in [-0.3, -0.25) is 4.79 Å². The van der Waals surface area contributed by atoms with Crippen molar-refractivity contribution in [2.75, 3.05) is 34.2 Å². The number of guanidine groups is 1. The lowest BCUT2D eigenvalue weighted by molar-refractivity contribution is -0.127. The van der Waals surface area contributed by atoms with E-state index in [1.807, 2.05) is 24.1 Å². The summed E-state index contributed by atoms with van der Waals surface area (Å²) in [5, 5.41) is 4.32. The van der Waals surface area contributed by atoms with Crippen molar-refractivity contribution < 1.29 is 4.79 Å². The molecule has 1 aromatic rings. The molecule has 1 rings (SSSR count). The predicted octanol–water partition coefficient (Wildman–Crippen LogP) is 3.49. The number of hydrogen-bond donors (Lipinski definition) is 1. The Morgan fingerprint density at radius 1 is 1.21 bits per heavy atom. The maximum Gasteiger partial charge on any atom is 0.243 e. The van der Waals surface area contributed by atoms with E-state index in [4.69, 9.17) is 23.2 Å². The van der Waals surface area contributed by atoms with Crippen LogP contribution in [0.3, 0.4) is 0 Å². The number of amides is 1. The Hall–Kier alpha value is -0.730. The van der Waals surface area contributed by atoms with Crippen molar-refractivity contribution >= 4 is 59.0 Å². The van der Waals surface area contributed by atoms with E-state index < -0.39 is 0 Å². The number of likely N-dealkylation sites (N-methyl/N-ethyl adjacent to an activating group) is 1. The van der Waals surface area contributed by atoms with E-state index in [1.54, 1.807) is 20.2 Å². The number of hydrogen-bond acceptors (Lipinski definition) is 2. The first-order chi connectivity index (χ1) is 10.8. The van der Waals surface area contributed by atoms with E-state index >= 15 is 0 Å². The van der Waals surface area contributed by atoms with Gasteiger partial charge in [0, 0.05) is 34.2 Å². The Labute approximate surface area is 171 Å². The van der Waals surface area contributed by atoms with E-state index in [0.29, 0.717) is 22.5 Å². The van der Waals surface area contributed by atoms with Crippen molar-refractivity contribution in [1.29, 1.82) is 0 Å². The van der Waals surface area contributed by atoms with Crippen LogP contribution >= 0.6 is 47.2 Å². The summed E-state index contributed by atoms with van der Waals surface area (Å²) in [6, 6.07) is 5.54. The maximum atomic E-state index is 11.7. The number of carbonyl (C=O) groups excluding carboxylic acids is 1. The van der Waals surface area contributed by atoms with Gasteiger partial charge in [0.1, 0.15) is 6.54 Å². The van der Waals surface area contributed by atoms with Crippen LogP contribution in [0.4, 0.5) is 0 Å². The molecule has 0 bridgehead atoms. The van der Waals surface area contributed by atoms with Crippen molar-refractivity contribution in [1.82, 2.24) is 15.1 Å². The molecule has 136 valence electrons. The Balaban J connectivity index is 0.00000529. The quantitative estimate of drug-likeness (QED) is 0.380. The molecule has 0 fully saturated rings. The second-order valence-corrected chi connectivity index (χ2v) is 6.27. The van der Waals surface area contributed by atoms with Gasteiger partial charge >= 0.3 is 0 Å². The minimum absolute atomic E-state index is 0. The lowest BCUT2D eigenvalue weighted by Gasteiger charge is -2.23. The van der Waals surface area contributed by atoms with Gasteiger partial charge in [-0.25, -0.2) is 4.99 Å². The molecule has 0 spiro atoms. The molecule has 0 aliphatic rings. The minimum atomic E-state index is -0.0382. The number of aliphatic imine (C=N–C) groups is 1. The van der Waals surface area contributed by atoms with E-state index in [1.165, 1.54) is 4.90 Å². The van der Waals surface area contributed by atoms with Crippen LogP contribution in [0.25, 0.3) is 0 Å². The molecule has 8 heteroatoms. The average molecular weight is 487 g/mol. The van der Waals surface area contributed by atoms with Gasteiger partial charge in [0.05, 0.1) is 10.0 Å². The lowest BCUT2D eigenvalue weighted by atomic mass is 10.2. The summed E-state index contributed by atoms with van der Waals surface area (Å²) >= 11 is 12.0. The molecule has 0 radical (unpaired) electrons. The van der Waals surface area contributed by atoms with Gasteiger partial charge in [-0.2, -0.15) is 0 Å². The fourth-order valence-corrected chi connectivity index (χ4v) is 2.14. The number of halogens is 3. The topological polar surface area (TPSA) is 47.9 Å². The predicted molar refractivity (Wildman–Crippen MR) is 113 cm³/mol. The highest BCUT2D eigenvalue weighted by molar-refractivity contribution is 14.0. The van der Waals surface area contributed by atoms with Crippen LogP contribution in [-0.2, 0) is 11.3 Å². The normalized spacial score (nSPS) is 10.8. The molecule has 0 aromatic heterocycles. The summed E-state index contributed by atoms with van der Waals surface area (Å²) in [6.45, 7) is 3.60. The van der Waals surface area contributed by atoms with Crippen LogP contribution in [0.5, 0.6) is 0 Å². The standard InChI is InChI=1S/C16H24Cl2N4O.HI/c1-5-8-19-16(20-10-15(23)21(2)3)22(4)11-12-6-7-13(17)14(18)9-12;/h6-7,9H,5,8,10-11H2,1-4H3,(H,19,20);1H. The summed E-state index contributed by atoms with van der Waals surface area (Å²) in [5.41, 5.74) is 1.02. The second kappa shape index (κ2) is 11.8. The van der Waals surface area contributed by atoms with Gasteiger partial charge in [-0.1, -0.05) is 36.2 Å². The summed E-state index contributed by atoms with van der Waals surface area (Å²) in [7, 11) is 5.36. The van der Waals surface area contributed by atoms with Gasteiger partial charge in [0.25, 0.3) is 0 Å². The number of benzene rings is 1. The Morgan fingerprint density at radius 2 is 1.88 bits per heavy atom. The van der Waals surface area contributed by atoms with Gasteiger partial charge in [-0.15, -0.1) is 24.0 Å². The Morgan fingerprint density at radius 3 is 2.42 bits per heavy atom. The van der Waals surface area contributed by atoms with Gasteiger partial charge in [-0.05, 0) is 24.1 Å². The van der Waals surface area contributed by atoms with Crippen LogP contribution < -0.4 is 5.32 Å². The Kier molecular flexibility index (Phi) is 11.4. The summed E-state index contributed by atoms with van der Waals surface area (Å²) in [5.74, 6) is 0.650. The number of rotatable bonds is 6. The molecule has 0 unspecified atom stereocenters. The van der Waals surface area contributed by atoms with Crippen LogP contribution in [0.2, 0.25) is 10.0 Å². The van der Waals surface area contributed by atoms with Crippen molar-refractivity contribution in [3.05, 3.63) is 33.8 Å². The number of nitrogens with zero attached hydrogens (tertiary/aromatic N) is 3. The molecule has 1 aromatic carbocycles. The lowest BCUT2D eigenvalue weighted by Crippen LogP contribution is -2.39. The highest BCUT2D eigenvalue weighted by atomic mass is 127. The van der Waals surface area contributed by atoms with Crippen LogP contribution in [0.15, 0.2) is 23.2 Å². The van der Waals surface area contributed by atoms with Crippen LogP contribution in [-0.4, -0.2) is 55.9 Å². The van der Waals surface area contributed by atoms with Crippen molar-refractivity contribution in [2.24, 2.45) is 4.99 Å². The fourth-order valence-electron chi connectivity index (χ4n) is 1.82. The Bertz CT molecular complexity index is 567. The first-order valence-corrected chi connectivity index (χ1v) is 8.24. The molecule has 5 nitrogen and oxygen atoms in total. The second-order valence-electron chi connectivity index (χ2n) is 5.46. The fraction of sp³-hybridized carbons (Fsp3) is 0.500. The minimum Gasteiger partial charge on any atom is -0.356 e. The van der Waals surface area contributed by atoms with Gasteiger partial charge < -0.3 is 15.1 Å².